The van der Waals surface area contributed by atoms with Crippen LogP contribution in [0.2, 0.25) is 5.02 Å². The zero-order valence-corrected chi connectivity index (χ0v) is 16.5. The molecule has 0 bridgehead atoms. The van der Waals surface area contributed by atoms with Gasteiger partial charge in [0.1, 0.15) is 17.8 Å². The first kappa shape index (κ1) is 22.0. The number of aromatic nitrogens is 2. The molecule has 0 aliphatic carbocycles. The van der Waals surface area contributed by atoms with E-state index in [4.69, 9.17) is 22.1 Å². The summed E-state index contributed by atoms with van der Waals surface area (Å²) in [5.74, 6) is 0.0168. The fourth-order valence-electron chi connectivity index (χ4n) is 2.35. The molecule has 3 rings (SSSR count). The zero-order chi connectivity index (χ0) is 22.4. The summed E-state index contributed by atoms with van der Waals surface area (Å²) in [6, 6.07) is 11.5. The third-order valence-corrected chi connectivity index (χ3v) is 4.19. The highest BCUT2D eigenvalue weighted by Gasteiger charge is 2.31. The summed E-state index contributed by atoms with van der Waals surface area (Å²) in [7, 11) is 0. The average Bonchev–Trinajstić information content (AvgIpc) is 2.74. The van der Waals surface area contributed by atoms with Crippen molar-refractivity contribution in [3.63, 3.8) is 0 Å². The van der Waals surface area contributed by atoms with Crippen LogP contribution in [0.15, 0.2) is 54.9 Å². The number of nitrogens with one attached hydrogen (secondary N) is 3. The Hall–Kier alpha value is -3.73. The molecule has 1 amide bonds. The number of carbonyl (C=O) groups excluding carboxylic acids is 1. The highest BCUT2D eigenvalue weighted by molar-refractivity contribution is 6.33. The van der Waals surface area contributed by atoms with Crippen molar-refractivity contribution >= 4 is 40.5 Å². The van der Waals surface area contributed by atoms with Gasteiger partial charge >= 0.3 is 6.18 Å². The number of hydrogen-bond acceptors (Lipinski definition) is 7. The maximum Gasteiger partial charge on any atom is 0.416 e. The van der Waals surface area contributed by atoms with Crippen molar-refractivity contribution in [3.8, 4) is 5.75 Å². The lowest BCUT2D eigenvalue weighted by Gasteiger charge is -2.15. The summed E-state index contributed by atoms with van der Waals surface area (Å²) in [5, 5.41) is 2.68. The number of carbonyl (C=O) groups is 1. The maximum atomic E-state index is 12.9. The van der Waals surface area contributed by atoms with Crippen LogP contribution in [0.1, 0.15) is 5.56 Å². The molecule has 0 unspecified atom stereocenters. The number of anilines is 4. The predicted molar refractivity (Wildman–Crippen MR) is 110 cm³/mol. The fraction of sp³-hybridized carbons (Fsp3) is 0.105. The van der Waals surface area contributed by atoms with Gasteiger partial charge in [0.25, 0.3) is 5.91 Å². The van der Waals surface area contributed by atoms with Crippen LogP contribution in [0.5, 0.6) is 5.75 Å². The standard InChI is InChI=1S/C19H16ClF3N6O2/c20-13-7-6-11(19(21,22)23)8-14(13)27-17-16(24)18(26-10-25-17)29-28-15(30)9-31-12-4-2-1-3-5-12/h1-8,10H,9,24H2,(H,28,30)(H2,25,26,27,29). The van der Waals surface area contributed by atoms with E-state index in [9.17, 15) is 18.0 Å². The summed E-state index contributed by atoms with van der Waals surface area (Å²) in [4.78, 5) is 19.7. The van der Waals surface area contributed by atoms with Gasteiger partial charge in [-0.05, 0) is 30.3 Å². The number of rotatable bonds is 7. The third-order valence-electron chi connectivity index (χ3n) is 3.86. The maximum absolute atomic E-state index is 12.9. The molecule has 0 fully saturated rings. The van der Waals surface area contributed by atoms with Gasteiger partial charge in [0.05, 0.1) is 16.3 Å². The quantitative estimate of drug-likeness (QED) is 0.401. The number of para-hydroxylation sites is 1. The topological polar surface area (TPSA) is 114 Å². The smallest absolute Gasteiger partial charge is 0.416 e. The summed E-state index contributed by atoms with van der Waals surface area (Å²) < 4.78 is 44.1. The molecule has 8 nitrogen and oxygen atoms in total. The van der Waals surface area contributed by atoms with Crippen LogP contribution < -0.4 is 26.6 Å². The van der Waals surface area contributed by atoms with E-state index in [2.05, 4.69) is 26.1 Å². The van der Waals surface area contributed by atoms with Gasteiger partial charge in [0.2, 0.25) is 0 Å². The van der Waals surface area contributed by atoms with Crippen molar-refractivity contribution in [2.75, 3.05) is 23.1 Å². The van der Waals surface area contributed by atoms with Crippen LogP contribution in [0.4, 0.5) is 36.2 Å². The highest BCUT2D eigenvalue weighted by Crippen LogP contribution is 2.35. The van der Waals surface area contributed by atoms with E-state index in [1.807, 2.05) is 6.07 Å². The summed E-state index contributed by atoms with van der Waals surface area (Å²) >= 11 is 5.98. The van der Waals surface area contributed by atoms with E-state index in [0.29, 0.717) is 5.75 Å². The number of benzene rings is 2. The number of halogens is 4. The van der Waals surface area contributed by atoms with Crippen LogP contribution in [0.3, 0.4) is 0 Å². The third kappa shape index (κ3) is 5.89. The normalized spacial score (nSPS) is 11.0. The highest BCUT2D eigenvalue weighted by atomic mass is 35.5. The van der Waals surface area contributed by atoms with Gasteiger partial charge in [-0.1, -0.05) is 29.8 Å². The van der Waals surface area contributed by atoms with Gasteiger partial charge in [0.15, 0.2) is 18.2 Å². The van der Waals surface area contributed by atoms with Crippen molar-refractivity contribution in [1.82, 2.24) is 15.4 Å². The largest absolute Gasteiger partial charge is 0.484 e. The van der Waals surface area contributed by atoms with E-state index in [0.717, 1.165) is 24.5 Å². The van der Waals surface area contributed by atoms with Crippen LogP contribution in [0, 0.1) is 0 Å². The molecular formula is C19H16ClF3N6O2. The van der Waals surface area contributed by atoms with Crippen molar-refractivity contribution < 1.29 is 22.7 Å². The van der Waals surface area contributed by atoms with E-state index in [1.54, 1.807) is 24.3 Å². The van der Waals surface area contributed by atoms with Gasteiger partial charge in [0, 0.05) is 0 Å². The Morgan fingerprint density at radius 2 is 1.81 bits per heavy atom. The minimum absolute atomic E-state index is 0.00601. The zero-order valence-electron chi connectivity index (χ0n) is 15.7. The van der Waals surface area contributed by atoms with Crippen molar-refractivity contribution in [1.29, 1.82) is 0 Å². The Bertz CT molecular complexity index is 1070. The lowest BCUT2D eigenvalue weighted by molar-refractivity contribution is -0.137. The number of hydrazine groups is 1. The SMILES string of the molecule is Nc1c(NNC(=O)COc2ccccc2)ncnc1Nc1cc(C(F)(F)F)ccc1Cl. The minimum Gasteiger partial charge on any atom is -0.484 e. The first-order valence-corrected chi connectivity index (χ1v) is 9.09. The molecule has 162 valence electrons. The van der Waals surface area contributed by atoms with Crippen molar-refractivity contribution in [3.05, 3.63) is 65.4 Å². The van der Waals surface area contributed by atoms with E-state index < -0.39 is 17.6 Å². The summed E-state index contributed by atoms with van der Waals surface area (Å²) in [5.41, 5.74) is 9.83. The molecule has 1 aromatic heterocycles. The molecule has 0 spiro atoms. The minimum atomic E-state index is -4.54. The Morgan fingerprint density at radius 3 is 2.52 bits per heavy atom. The summed E-state index contributed by atoms with van der Waals surface area (Å²) in [6.45, 7) is -0.271. The molecule has 0 saturated carbocycles. The molecule has 12 heteroatoms. The molecule has 0 atom stereocenters. The van der Waals surface area contributed by atoms with Crippen LogP contribution in [0.25, 0.3) is 0 Å². The molecule has 0 aliphatic rings. The van der Waals surface area contributed by atoms with Crippen LogP contribution >= 0.6 is 11.6 Å². The van der Waals surface area contributed by atoms with Gasteiger partial charge in [-0.15, -0.1) is 0 Å². The molecule has 2 aromatic carbocycles. The molecule has 31 heavy (non-hydrogen) atoms. The second-order valence-electron chi connectivity index (χ2n) is 6.08. The van der Waals surface area contributed by atoms with Crippen molar-refractivity contribution in [2.45, 2.75) is 6.18 Å². The second-order valence-corrected chi connectivity index (χ2v) is 6.48. The first-order chi connectivity index (χ1) is 14.7. The van der Waals surface area contributed by atoms with Gasteiger partial charge in [-0.25, -0.2) is 9.97 Å². The average molecular weight is 453 g/mol. The van der Waals surface area contributed by atoms with Crippen molar-refractivity contribution in [2.24, 2.45) is 0 Å². The monoisotopic (exact) mass is 452 g/mol. The Balaban J connectivity index is 1.66. The van der Waals surface area contributed by atoms with E-state index in [1.165, 1.54) is 0 Å². The molecule has 5 N–H and O–H groups in total. The number of hydrogen-bond donors (Lipinski definition) is 4. The fourth-order valence-corrected chi connectivity index (χ4v) is 2.52. The number of nitrogens with zero attached hydrogens (tertiary/aromatic N) is 2. The Morgan fingerprint density at radius 1 is 1.10 bits per heavy atom. The number of nitrogens with two attached hydrogens (primary N) is 1. The Kier molecular flexibility index (Phi) is 6.65. The molecule has 1 heterocycles. The van der Waals surface area contributed by atoms with E-state index >= 15 is 0 Å². The number of alkyl halides is 3. The van der Waals surface area contributed by atoms with Gasteiger partial charge < -0.3 is 15.8 Å². The van der Waals surface area contributed by atoms with Gasteiger partial charge in [-0.2, -0.15) is 13.2 Å². The molecular weight excluding hydrogens is 437 g/mol. The lowest BCUT2D eigenvalue weighted by atomic mass is 10.2. The number of ether oxygens (including phenoxy) is 1. The molecule has 0 radical (unpaired) electrons. The van der Waals surface area contributed by atoms with Crippen LogP contribution in [-0.2, 0) is 11.0 Å². The molecule has 0 aliphatic heterocycles. The number of nitrogen functional groups attached to an aromatic ring is 1. The van der Waals surface area contributed by atoms with E-state index in [-0.39, 0.29) is 34.6 Å². The Labute approximate surface area is 179 Å². The summed E-state index contributed by atoms with van der Waals surface area (Å²) in [6.07, 6.45) is -3.44. The lowest BCUT2D eigenvalue weighted by Crippen LogP contribution is -2.34. The molecule has 0 saturated heterocycles. The predicted octanol–water partition coefficient (Wildman–Crippen LogP) is 4.00. The first-order valence-electron chi connectivity index (χ1n) is 8.71. The molecule has 3 aromatic rings. The number of amides is 1. The van der Waals surface area contributed by atoms with Gasteiger partial charge in [-0.3, -0.25) is 15.6 Å². The second kappa shape index (κ2) is 9.39. The van der Waals surface area contributed by atoms with Crippen LogP contribution in [-0.4, -0.2) is 22.5 Å².